The van der Waals surface area contributed by atoms with Gasteiger partial charge in [-0.05, 0) is 47.4 Å². The summed E-state index contributed by atoms with van der Waals surface area (Å²) in [4.78, 5) is 17.9. The van der Waals surface area contributed by atoms with Crippen LogP contribution >= 0.6 is 0 Å². The zero-order chi connectivity index (χ0) is 24.8. The fourth-order valence-electron chi connectivity index (χ4n) is 3.24. The number of pyridine rings is 1. The monoisotopic (exact) mass is 491 g/mol. The SMILES string of the molecule is CCc1ccc(CN(Cc2cccnc2)C(=O)CNS(=O)(=O)c2cccc(C(F)(F)F)c2)cc1. The van der Waals surface area contributed by atoms with Gasteiger partial charge in [0.05, 0.1) is 17.0 Å². The van der Waals surface area contributed by atoms with Crippen molar-refractivity contribution in [3.63, 3.8) is 0 Å². The van der Waals surface area contributed by atoms with Gasteiger partial charge in [-0.25, -0.2) is 13.1 Å². The van der Waals surface area contributed by atoms with Crippen molar-refractivity contribution < 1.29 is 26.4 Å². The van der Waals surface area contributed by atoms with E-state index in [0.29, 0.717) is 6.07 Å². The van der Waals surface area contributed by atoms with E-state index >= 15 is 0 Å². The van der Waals surface area contributed by atoms with Crippen molar-refractivity contribution >= 4 is 15.9 Å². The van der Waals surface area contributed by atoms with Crippen LogP contribution in [0.4, 0.5) is 13.2 Å². The summed E-state index contributed by atoms with van der Waals surface area (Å²) in [7, 11) is -4.34. The van der Waals surface area contributed by atoms with Gasteiger partial charge in [0.2, 0.25) is 15.9 Å². The van der Waals surface area contributed by atoms with Gasteiger partial charge in [0.15, 0.2) is 0 Å². The molecule has 0 radical (unpaired) electrons. The molecule has 34 heavy (non-hydrogen) atoms. The Morgan fingerprint density at radius 1 is 0.971 bits per heavy atom. The number of carbonyl (C=O) groups is 1. The van der Waals surface area contributed by atoms with Crippen LogP contribution in [0.5, 0.6) is 0 Å². The number of alkyl halides is 3. The van der Waals surface area contributed by atoms with Gasteiger partial charge >= 0.3 is 6.18 Å². The standard InChI is InChI=1S/C24H24F3N3O3S/c1-2-18-8-10-19(11-9-18)16-30(17-20-5-4-12-28-14-20)23(31)15-29-34(32,33)22-7-3-6-21(13-22)24(25,26)27/h3-14,29H,2,15-17H2,1H3. The molecule has 2 aromatic carbocycles. The third-order valence-corrected chi connectivity index (χ3v) is 6.54. The Hall–Kier alpha value is -3.24. The Morgan fingerprint density at radius 2 is 1.65 bits per heavy atom. The minimum atomic E-state index is -4.69. The Balaban J connectivity index is 1.76. The number of aromatic nitrogens is 1. The first-order valence-corrected chi connectivity index (χ1v) is 12.0. The molecule has 0 aliphatic rings. The van der Waals surface area contributed by atoms with E-state index in [1.807, 2.05) is 31.2 Å². The average molecular weight is 492 g/mol. The second-order valence-electron chi connectivity index (χ2n) is 7.63. The first-order valence-electron chi connectivity index (χ1n) is 10.5. The molecule has 3 aromatic rings. The number of benzene rings is 2. The number of hydrogen-bond donors (Lipinski definition) is 1. The molecule has 0 unspecified atom stereocenters. The molecule has 6 nitrogen and oxygen atoms in total. The molecule has 0 saturated carbocycles. The number of nitrogens with one attached hydrogen (secondary N) is 1. The van der Waals surface area contributed by atoms with Gasteiger partial charge < -0.3 is 4.90 Å². The third-order valence-electron chi connectivity index (χ3n) is 5.14. The third kappa shape index (κ3) is 6.88. The molecule has 0 spiro atoms. The van der Waals surface area contributed by atoms with Crippen molar-refractivity contribution in [2.45, 2.75) is 37.5 Å². The van der Waals surface area contributed by atoms with Crippen LogP contribution in [0.1, 0.15) is 29.2 Å². The second kappa shape index (κ2) is 10.8. The fraction of sp³-hybridized carbons (Fsp3) is 0.250. The van der Waals surface area contributed by atoms with Crippen LogP contribution in [0.15, 0.2) is 78.0 Å². The molecule has 0 saturated heterocycles. The van der Waals surface area contributed by atoms with Crippen molar-refractivity contribution in [2.75, 3.05) is 6.54 Å². The van der Waals surface area contributed by atoms with E-state index in [1.165, 1.54) is 4.90 Å². The normalized spacial score (nSPS) is 11.9. The number of halogens is 3. The van der Waals surface area contributed by atoms with Gasteiger partial charge in [-0.2, -0.15) is 13.2 Å². The van der Waals surface area contributed by atoms with Crippen molar-refractivity contribution in [1.82, 2.24) is 14.6 Å². The quantitative estimate of drug-likeness (QED) is 0.487. The lowest BCUT2D eigenvalue weighted by Gasteiger charge is -2.23. The minimum absolute atomic E-state index is 0.188. The molecule has 10 heteroatoms. The Morgan fingerprint density at radius 3 is 2.26 bits per heavy atom. The van der Waals surface area contributed by atoms with Gasteiger partial charge in [-0.15, -0.1) is 0 Å². The van der Waals surface area contributed by atoms with E-state index < -0.39 is 39.1 Å². The van der Waals surface area contributed by atoms with Crippen LogP contribution in [0.3, 0.4) is 0 Å². The molecular weight excluding hydrogens is 467 g/mol. The maximum atomic E-state index is 13.0. The number of sulfonamides is 1. The van der Waals surface area contributed by atoms with E-state index in [9.17, 15) is 26.4 Å². The van der Waals surface area contributed by atoms with Crippen molar-refractivity contribution in [3.8, 4) is 0 Å². The van der Waals surface area contributed by atoms with Gasteiger partial charge in [0.25, 0.3) is 0 Å². The first kappa shape index (κ1) is 25.4. The fourth-order valence-corrected chi connectivity index (χ4v) is 4.26. The molecule has 1 heterocycles. The number of nitrogens with zero attached hydrogens (tertiary/aromatic N) is 2. The first-order chi connectivity index (χ1) is 16.1. The maximum Gasteiger partial charge on any atom is 0.416 e. The molecule has 1 amide bonds. The maximum absolute atomic E-state index is 13.0. The van der Waals surface area contributed by atoms with Gasteiger partial charge in [0, 0.05) is 25.5 Å². The summed E-state index contributed by atoms with van der Waals surface area (Å²) in [5.74, 6) is -0.529. The zero-order valence-electron chi connectivity index (χ0n) is 18.4. The number of amides is 1. The Bertz CT molecular complexity index is 1220. The lowest BCUT2D eigenvalue weighted by molar-refractivity contribution is -0.137. The molecule has 0 fully saturated rings. The lowest BCUT2D eigenvalue weighted by Crippen LogP contribution is -2.39. The van der Waals surface area contributed by atoms with Crippen molar-refractivity contribution in [1.29, 1.82) is 0 Å². The molecule has 0 bridgehead atoms. The molecule has 0 aliphatic carbocycles. The number of carbonyl (C=O) groups excluding carboxylic acids is 1. The number of hydrogen-bond acceptors (Lipinski definition) is 4. The molecule has 1 aromatic heterocycles. The van der Waals surface area contributed by atoms with E-state index in [4.69, 9.17) is 0 Å². The van der Waals surface area contributed by atoms with Gasteiger partial charge in [-0.1, -0.05) is 43.3 Å². The molecule has 180 valence electrons. The van der Waals surface area contributed by atoms with E-state index in [0.717, 1.165) is 41.3 Å². The molecule has 1 N–H and O–H groups in total. The Labute approximate surface area is 196 Å². The number of rotatable bonds is 9. The Kier molecular flexibility index (Phi) is 8.06. The van der Waals surface area contributed by atoms with Crippen LogP contribution in [0.25, 0.3) is 0 Å². The van der Waals surface area contributed by atoms with E-state index in [1.54, 1.807) is 24.5 Å². The lowest BCUT2D eigenvalue weighted by atomic mass is 10.1. The summed E-state index contributed by atoms with van der Waals surface area (Å²) in [6, 6.07) is 14.6. The summed E-state index contributed by atoms with van der Waals surface area (Å²) >= 11 is 0. The van der Waals surface area contributed by atoms with Crippen LogP contribution in [-0.4, -0.2) is 30.8 Å². The highest BCUT2D eigenvalue weighted by Crippen LogP contribution is 2.30. The van der Waals surface area contributed by atoms with Crippen molar-refractivity contribution in [2.24, 2.45) is 0 Å². The minimum Gasteiger partial charge on any atom is -0.333 e. The zero-order valence-corrected chi connectivity index (χ0v) is 19.2. The van der Waals surface area contributed by atoms with E-state index in [-0.39, 0.29) is 13.1 Å². The van der Waals surface area contributed by atoms with Gasteiger partial charge in [-0.3, -0.25) is 9.78 Å². The average Bonchev–Trinajstić information content (AvgIpc) is 2.83. The van der Waals surface area contributed by atoms with Crippen LogP contribution in [-0.2, 0) is 40.5 Å². The smallest absolute Gasteiger partial charge is 0.333 e. The highest BCUT2D eigenvalue weighted by atomic mass is 32.2. The van der Waals surface area contributed by atoms with E-state index in [2.05, 4.69) is 9.71 Å². The van der Waals surface area contributed by atoms with Crippen molar-refractivity contribution in [3.05, 3.63) is 95.3 Å². The summed E-state index contributed by atoms with van der Waals surface area (Å²) in [5.41, 5.74) is 1.66. The molecular formula is C24H24F3N3O3S. The topological polar surface area (TPSA) is 79.4 Å². The summed E-state index contributed by atoms with van der Waals surface area (Å²) in [6.45, 7) is 1.84. The molecule has 3 rings (SSSR count). The molecule has 0 aliphatic heterocycles. The largest absolute Gasteiger partial charge is 0.416 e. The van der Waals surface area contributed by atoms with Crippen LogP contribution < -0.4 is 4.72 Å². The summed E-state index contributed by atoms with van der Waals surface area (Å²) in [5, 5.41) is 0. The predicted molar refractivity (Wildman–Crippen MR) is 121 cm³/mol. The molecule has 0 atom stereocenters. The van der Waals surface area contributed by atoms with Crippen LogP contribution in [0.2, 0.25) is 0 Å². The van der Waals surface area contributed by atoms with Gasteiger partial charge in [0.1, 0.15) is 0 Å². The summed E-state index contributed by atoms with van der Waals surface area (Å²) < 4.78 is 66.1. The second-order valence-corrected chi connectivity index (χ2v) is 9.40. The van der Waals surface area contributed by atoms with Crippen LogP contribution in [0, 0.1) is 0 Å². The highest BCUT2D eigenvalue weighted by Gasteiger charge is 2.31. The predicted octanol–water partition coefficient (Wildman–Crippen LogP) is 4.17. The number of aryl methyl sites for hydroxylation is 1. The summed E-state index contributed by atoms with van der Waals surface area (Å²) in [6.07, 6.45) is -0.610. The highest BCUT2D eigenvalue weighted by molar-refractivity contribution is 7.89.